The monoisotopic (exact) mass is 252 g/mol. The Balaban J connectivity index is 1.71. The third-order valence-electron chi connectivity index (χ3n) is 5.48. The SMILES string of the molecule is CCC1(C(=O)N2CC3CCC(O)C3C2)CCNC1. The highest BCUT2D eigenvalue weighted by atomic mass is 16.3. The molecule has 3 fully saturated rings. The van der Waals surface area contributed by atoms with Crippen molar-refractivity contribution in [3.8, 4) is 0 Å². The Bertz CT molecular complexity index is 339. The molecule has 1 amide bonds. The second-order valence-corrected chi connectivity index (χ2v) is 6.34. The van der Waals surface area contributed by atoms with Crippen LogP contribution in [-0.2, 0) is 4.79 Å². The fraction of sp³-hybridized carbons (Fsp3) is 0.929. The van der Waals surface area contributed by atoms with E-state index in [1.54, 1.807) is 0 Å². The van der Waals surface area contributed by atoms with E-state index in [2.05, 4.69) is 12.2 Å². The number of likely N-dealkylation sites (tertiary alicyclic amines) is 1. The molecule has 3 rings (SSSR count). The third kappa shape index (κ3) is 1.77. The molecule has 2 heterocycles. The van der Waals surface area contributed by atoms with Gasteiger partial charge in [-0.2, -0.15) is 0 Å². The van der Waals surface area contributed by atoms with Crippen LogP contribution in [0.2, 0.25) is 0 Å². The summed E-state index contributed by atoms with van der Waals surface area (Å²) in [5.74, 6) is 1.22. The Morgan fingerprint density at radius 2 is 2.28 bits per heavy atom. The lowest BCUT2D eigenvalue weighted by Crippen LogP contribution is -2.44. The van der Waals surface area contributed by atoms with Crippen LogP contribution in [0.15, 0.2) is 0 Å². The number of rotatable bonds is 2. The van der Waals surface area contributed by atoms with Crippen LogP contribution in [0.25, 0.3) is 0 Å². The van der Waals surface area contributed by atoms with E-state index in [1.807, 2.05) is 4.90 Å². The molecule has 4 unspecified atom stereocenters. The topological polar surface area (TPSA) is 52.6 Å². The average Bonchev–Trinajstić information content (AvgIpc) is 3.06. The lowest BCUT2D eigenvalue weighted by atomic mass is 9.83. The largest absolute Gasteiger partial charge is 0.393 e. The van der Waals surface area contributed by atoms with Gasteiger partial charge < -0.3 is 15.3 Å². The standard InChI is InChI=1S/C14H24N2O2/c1-2-14(5-6-15-9-14)13(18)16-7-10-3-4-12(17)11(10)8-16/h10-12,15,17H,2-9H2,1H3. The summed E-state index contributed by atoms with van der Waals surface area (Å²) in [6.07, 6.45) is 3.74. The summed E-state index contributed by atoms with van der Waals surface area (Å²) in [5.41, 5.74) is -0.163. The minimum atomic E-state index is -0.174. The van der Waals surface area contributed by atoms with Gasteiger partial charge in [-0.3, -0.25) is 4.79 Å². The van der Waals surface area contributed by atoms with E-state index in [0.29, 0.717) is 17.7 Å². The number of hydrogen-bond acceptors (Lipinski definition) is 3. The van der Waals surface area contributed by atoms with Crippen molar-refractivity contribution in [2.45, 2.75) is 38.7 Å². The number of amides is 1. The van der Waals surface area contributed by atoms with Crippen molar-refractivity contribution in [2.75, 3.05) is 26.2 Å². The number of nitrogens with zero attached hydrogens (tertiary/aromatic N) is 1. The summed E-state index contributed by atoms with van der Waals surface area (Å²) in [6.45, 7) is 5.57. The summed E-state index contributed by atoms with van der Waals surface area (Å²) in [5, 5.41) is 13.3. The maximum absolute atomic E-state index is 12.7. The van der Waals surface area contributed by atoms with Gasteiger partial charge in [-0.05, 0) is 38.1 Å². The molecule has 102 valence electrons. The smallest absolute Gasteiger partial charge is 0.230 e. The zero-order valence-electron chi connectivity index (χ0n) is 11.2. The Hall–Kier alpha value is -0.610. The maximum atomic E-state index is 12.7. The van der Waals surface area contributed by atoms with Crippen molar-refractivity contribution in [2.24, 2.45) is 17.3 Å². The maximum Gasteiger partial charge on any atom is 0.230 e. The molecule has 1 saturated carbocycles. The molecule has 2 aliphatic heterocycles. The number of nitrogens with one attached hydrogen (secondary N) is 1. The molecule has 4 nitrogen and oxygen atoms in total. The molecule has 0 aromatic rings. The molecular formula is C14H24N2O2. The molecule has 0 aromatic heterocycles. The number of hydrogen-bond donors (Lipinski definition) is 2. The van der Waals surface area contributed by atoms with Crippen LogP contribution in [0, 0.1) is 17.3 Å². The van der Waals surface area contributed by atoms with Crippen molar-refractivity contribution < 1.29 is 9.90 Å². The van der Waals surface area contributed by atoms with Gasteiger partial charge in [-0.1, -0.05) is 6.92 Å². The second kappa shape index (κ2) is 4.49. The molecule has 0 radical (unpaired) electrons. The lowest BCUT2D eigenvalue weighted by Gasteiger charge is -2.31. The number of carbonyl (C=O) groups is 1. The van der Waals surface area contributed by atoms with Crippen LogP contribution in [-0.4, -0.2) is 48.2 Å². The minimum Gasteiger partial charge on any atom is -0.393 e. The van der Waals surface area contributed by atoms with E-state index in [4.69, 9.17) is 0 Å². The summed E-state index contributed by atoms with van der Waals surface area (Å²) in [4.78, 5) is 14.8. The van der Waals surface area contributed by atoms with Crippen LogP contribution in [0.4, 0.5) is 0 Å². The molecule has 18 heavy (non-hydrogen) atoms. The van der Waals surface area contributed by atoms with Crippen LogP contribution in [0.3, 0.4) is 0 Å². The van der Waals surface area contributed by atoms with Crippen LogP contribution in [0.1, 0.15) is 32.6 Å². The van der Waals surface area contributed by atoms with E-state index in [-0.39, 0.29) is 11.5 Å². The van der Waals surface area contributed by atoms with E-state index in [0.717, 1.165) is 51.9 Å². The lowest BCUT2D eigenvalue weighted by molar-refractivity contribution is -0.140. The zero-order valence-corrected chi connectivity index (χ0v) is 11.2. The van der Waals surface area contributed by atoms with E-state index >= 15 is 0 Å². The van der Waals surface area contributed by atoms with Crippen molar-refractivity contribution in [3.05, 3.63) is 0 Å². The first-order chi connectivity index (χ1) is 8.66. The van der Waals surface area contributed by atoms with Crippen molar-refractivity contribution >= 4 is 5.91 Å². The molecule has 4 heteroatoms. The zero-order chi connectivity index (χ0) is 12.8. The van der Waals surface area contributed by atoms with Gasteiger partial charge >= 0.3 is 0 Å². The van der Waals surface area contributed by atoms with Gasteiger partial charge in [0.15, 0.2) is 0 Å². The highest BCUT2D eigenvalue weighted by Gasteiger charge is 2.48. The summed E-state index contributed by atoms with van der Waals surface area (Å²) in [7, 11) is 0. The first kappa shape index (κ1) is 12.4. The number of fused-ring (bicyclic) bond motifs is 1. The molecule has 3 aliphatic rings. The summed E-state index contributed by atoms with van der Waals surface area (Å²) < 4.78 is 0. The van der Waals surface area contributed by atoms with Crippen LogP contribution in [0.5, 0.6) is 0 Å². The molecule has 0 aromatic carbocycles. The molecule has 0 bridgehead atoms. The summed E-state index contributed by atoms with van der Waals surface area (Å²) in [6, 6.07) is 0. The normalized spacial score (nSPS) is 43.4. The second-order valence-electron chi connectivity index (χ2n) is 6.34. The fourth-order valence-corrected chi connectivity index (χ4v) is 4.12. The summed E-state index contributed by atoms with van der Waals surface area (Å²) >= 11 is 0. The number of carbonyl (C=O) groups excluding carboxylic acids is 1. The third-order valence-corrected chi connectivity index (χ3v) is 5.48. The Morgan fingerprint density at radius 3 is 2.89 bits per heavy atom. The quantitative estimate of drug-likeness (QED) is 0.757. The molecule has 1 aliphatic carbocycles. The molecular weight excluding hydrogens is 228 g/mol. The van der Waals surface area contributed by atoms with Gasteiger partial charge in [0.25, 0.3) is 0 Å². The van der Waals surface area contributed by atoms with Gasteiger partial charge in [0.1, 0.15) is 0 Å². The highest BCUT2D eigenvalue weighted by Crippen LogP contribution is 2.41. The first-order valence-corrected chi connectivity index (χ1v) is 7.34. The average molecular weight is 252 g/mol. The van der Waals surface area contributed by atoms with Gasteiger partial charge in [0.05, 0.1) is 11.5 Å². The predicted octanol–water partition coefficient (Wildman–Crippen LogP) is 0.605. The highest BCUT2D eigenvalue weighted by molar-refractivity contribution is 5.83. The van der Waals surface area contributed by atoms with Crippen LogP contribution < -0.4 is 5.32 Å². The number of aliphatic hydroxyl groups excluding tert-OH is 1. The van der Waals surface area contributed by atoms with E-state index in [9.17, 15) is 9.90 Å². The van der Waals surface area contributed by atoms with Gasteiger partial charge in [0.2, 0.25) is 5.91 Å². The van der Waals surface area contributed by atoms with E-state index < -0.39 is 0 Å². The molecule has 0 spiro atoms. The van der Waals surface area contributed by atoms with E-state index in [1.165, 1.54) is 0 Å². The minimum absolute atomic E-state index is 0.163. The number of aliphatic hydroxyl groups is 1. The van der Waals surface area contributed by atoms with Gasteiger partial charge in [-0.25, -0.2) is 0 Å². The molecule has 4 atom stereocenters. The van der Waals surface area contributed by atoms with Gasteiger partial charge in [-0.15, -0.1) is 0 Å². The first-order valence-electron chi connectivity index (χ1n) is 7.34. The fourth-order valence-electron chi connectivity index (χ4n) is 4.12. The Morgan fingerprint density at radius 1 is 1.44 bits per heavy atom. The van der Waals surface area contributed by atoms with Crippen molar-refractivity contribution in [1.29, 1.82) is 0 Å². The van der Waals surface area contributed by atoms with Crippen LogP contribution >= 0.6 is 0 Å². The van der Waals surface area contributed by atoms with Crippen molar-refractivity contribution in [3.63, 3.8) is 0 Å². The predicted molar refractivity (Wildman–Crippen MR) is 69.0 cm³/mol. The Kier molecular flexibility index (Phi) is 3.10. The molecule has 2 saturated heterocycles. The Labute approximate surface area is 109 Å². The van der Waals surface area contributed by atoms with Crippen molar-refractivity contribution in [1.82, 2.24) is 10.2 Å². The molecule has 2 N–H and O–H groups in total. The van der Waals surface area contributed by atoms with Gasteiger partial charge in [0, 0.05) is 25.6 Å².